The minimum absolute atomic E-state index is 0. The van der Waals surface area contributed by atoms with Gasteiger partial charge in [0.1, 0.15) is 0 Å². The van der Waals surface area contributed by atoms with Crippen LogP contribution in [0.1, 0.15) is 58.3 Å². The van der Waals surface area contributed by atoms with Crippen molar-refractivity contribution in [2.75, 3.05) is 47.9 Å². The van der Waals surface area contributed by atoms with E-state index in [0.717, 1.165) is 38.0 Å². The maximum Gasteiger partial charge on any atom is 0.191 e. The van der Waals surface area contributed by atoms with Crippen molar-refractivity contribution in [3.8, 4) is 0 Å². The minimum Gasteiger partial charge on any atom is -0.385 e. The van der Waals surface area contributed by atoms with Crippen LogP contribution in [0.5, 0.6) is 0 Å². The largest absolute Gasteiger partial charge is 0.385 e. The molecule has 0 aromatic heterocycles. The fraction of sp³-hybridized carbons (Fsp3) is 0.950. The Balaban J connectivity index is 0.00000338. The van der Waals surface area contributed by atoms with Gasteiger partial charge in [-0.25, -0.2) is 0 Å². The molecule has 0 bridgehead atoms. The lowest BCUT2D eigenvalue weighted by molar-refractivity contribution is 0.0719. The second-order valence-electron chi connectivity index (χ2n) is 8.70. The Morgan fingerprint density at radius 2 is 1.85 bits per heavy atom. The maximum absolute atomic E-state index is 5.30. The van der Waals surface area contributed by atoms with Crippen LogP contribution in [0.4, 0.5) is 0 Å². The van der Waals surface area contributed by atoms with Gasteiger partial charge in [0.2, 0.25) is 0 Å². The number of rotatable bonds is 8. The highest BCUT2D eigenvalue weighted by Gasteiger charge is 2.38. The van der Waals surface area contributed by atoms with Crippen molar-refractivity contribution >= 4 is 29.9 Å². The Labute approximate surface area is 178 Å². The molecule has 154 valence electrons. The summed E-state index contributed by atoms with van der Waals surface area (Å²) in [5, 5.41) is 7.22. The fourth-order valence-electron chi connectivity index (χ4n) is 4.61. The smallest absolute Gasteiger partial charge is 0.191 e. The van der Waals surface area contributed by atoms with E-state index in [1.54, 1.807) is 7.11 Å². The van der Waals surface area contributed by atoms with E-state index in [9.17, 15) is 0 Å². The van der Waals surface area contributed by atoms with Gasteiger partial charge in [-0.2, -0.15) is 0 Å². The third-order valence-corrected chi connectivity index (χ3v) is 6.71. The Hall–Kier alpha value is -0.0800. The molecule has 0 heterocycles. The molecule has 6 heteroatoms. The molecule has 26 heavy (non-hydrogen) atoms. The number of nitrogens with zero attached hydrogens (tertiary/aromatic N) is 2. The molecule has 2 rings (SSSR count). The molecule has 2 fully saturated rings. The fourth-order valence-corrected chi connectivity index (χ4v) is 4.61. The van der Waals surface area contributed by atoms with E-state index in [4.69, 9.17) is 4.74 Å². The van der Waals surface area contributed by atoms with Crippen LogP contribution in [0.2, 0.25) is 0 Å². The van der Waals surface area contributed by atoms with Crippen molar-refractivity contribution in [1.82, 2.24) is 15.5 Å². The molecule has 2 atom stereocenters. The van der Waals surface area contributed by atoms with Crippen LogP contribution < -0.4 is 10.6 Å². The molecule has 5 nitrogen and oxygen atoms in total. The molecule has 2 aliphatic carbocycles. The highest BCUT2D eigenvalue weighted by Crippen LogP contribution is 2.43. The van der Waals surface area contributed by atoms with E-state index in [0.29, 0.717) is 5.41 Å². The first kappa shape index (κ1) is 24.0. The zero-order valence-electron chi connectivity index (χ0n) is 17.6. The summed E-state index contributed by atoms with van der Waals surface area (Å²) in [7, 11) is 8.13. The highest BCUT2D eigenvalue weighted by atomic mass is 127. The molecule has 0 aliphatic heterocycles. The lowest BCUT2D eigenvalue weighted by Gasteiger charge is -2.46. The summed E-state index contributed by atoms with van der Waals surface area (Å²) in [6.45, 7) is 5.21. The molecule has 0 aromatic rings. The van der Waals surface area contributed by atoms with Crippen molar-refractivity contribution < 1.29 is 4.74 Å². The Kier molecular flexibility index (Phi) is 10.2. The molecule has 2 N–H and O–H groups in total. The van der Waals surface area contributed by atoms with Gasteiger partial charge in [-0.3, -0.25) is 4.99 Å². The number of ether oxygens (including phenoxy) is 1. The monoisotopic (exact) mass is 480 g/mol. The summed E-state index contributed by atoms with van der Waals surface area (Å²) in [6, 6.07) is 0. The lowest BCUT2D eigenvalue weighted by atomic mass is 9.67. The van der Waals surface area contributed by atoms with Gasteiger partial charge in [0.25, 0.3) is 0 Å². The van der Waals surface area contributed by atoms with Crippen LogP contribution in [0, 0.1) is 11.3 Å². The van der Waals surface area contributed by atoms with E-state index >= 15 is 0 Å². The number of hydrogen-bond acceptors (Lipinski definition) is 3. The molecule has 0 aromatic carbocycles. The third-order valence-electron chi connectivity index (χ3n) is 6.71. The van der Waals surface area contributed by atoms with Crippen LogP contribution in [0.15, 0.2) is 4.99 Å². The molecular formula is C20H41IN4O. The molecule has 2 unspecified atom stereocenters. The summed E-state index contributed by atoms with van der Waals surface area (Å²) in [4.78, 5) is 6.89. The van der Waals surface area contributed by atoms with Crippen LogP contribution in [-0.4, -0.2) is 64.3 Å². The summed E-state index contributed by atoms with van der Waals surface area (Å²) in [5.41, 5.74) is 0.658. The normalized spacial score (nSPS) is 28.2. The number of aliphatic imine (C=N–C) groups is 1. The van der Waals surface area contributed by atoms with Crippen molar-refractivity contribution in [1.29, 1.82) is 0 Å². The van der Waals surface area contributed by atoms with Crippen molar-refractivity contribution in [3.63, 3.8) is 0 Å². The highest BCUT2D eigenvalue weighted by molar-refractivity contribution is 14.0. The SMILES string of the molecule is CN=C(NCC1(CCOC)CCC1)NCC1(N(C)C)CCCC(C)C1.I. The summed E-state index contributed by atoms with van der Waals surface area (Å²) in [5.74, 6) is 1.75. The second-order valence-corrected chi connectivity index (χ2v) is 8.70. The Bertz CT molecular complexity index is 440. The van der Waals surface area contributed by atoms with Gasteiger partial charge in [0.05, 0.1) is 0 Å². The van der Waals surface area contributed by atoms with Gasteiger partial charge in [-0.1, -0.05) is 26.2 Å². The van der Waals surface area contributed by atoms with Crippen LogP contribution in [-0.2, 0) is 4.74 Å². The zero-order chi connectivity index (χ0) is 18.3. The molecule has 0 radical (unpaired) electrons. The third kappa shape index (κ3) is 6.23. The first-order valence-electron chi connectivity index (χ1n) is 10.1. The standard InChI is InChI=1S/C20H40N4O.HI/c1-17-8-6-11-20(14-17,24(3)4)16-23-18(21-2)22-15-19(9-7-10-19)12-13-25-5;/h17H,6-16H2,1-5H3,(H2,21,22,23);1H. The number of nitrogens with one attached hydrogen (secondary N) is 2. The minimum atomic E-state index is 0. The number of halogens is 1. The average Bonchev–Trinajstić information content (AvgIpc) is 2.56. The molecule has 2 aliphatic rings. The molecule has 0 saturated heterocycles. The predicted octanol–water partition coefficient (Wildman–Crippen LogP) is 3.49. The quantitative estimate of drug-likeness (QED) is 0.317. The van der Waals surface area contributed by atoms with Gasteiger partial charge in [-0.15, -0.1) is 24.0 Å². The number of methoxy groups -OCH3 is 1. The number of hydrogen-bond donors (Lipinski definition) is 2. The predicted molar refractivity (Wildman–Crippen MR) is 122 cm³/mol. The van der Waals surface area contributed by atoms with Gasteiger partial charge >= 0.3 is 0 Å². The average molecular weight is 480 g/mol. The van der Waals surface area contributed by atoms with Crippen molar-refractivity contribution in [2.45, 2.75) is 63.8 Å². The van der Waals surface area contributed by atoms with E-state index in [-0.39, 0.29) is 29.5 Å². The molecule has 0 spiro atoms. The maximum atomic E-state index is 5.30. The van der Waals surface area contributed by atoms with Crippen LogP contribution >= 0.6 is 24.0 Å². The van der Waals surface area contributed by atoms with Gasteiger partial charge < -0.3 is 20.3 Å². The van der Waals surface area contributed by atoms with Crippen molar-refractivity contribution in [2.24, 2.45) is 16.3 Å². The van der Waals surface area contributed by atoms with E-state index in [2.05, 4.69) is 41.5 Å². The Morgan fingerprint density at radius 3 is 2.35 bits per heavy atom. The molecular weight excluding hydrogens is 439 g/mol. The van der Waals surface area contributed by atoms with E-state index in [1.807, 2.05) is 7.05 Å². The lowest BCUT2D eigenvalue weighted by Crippen LogP contribution is -2.57. The number of guanidine groups is 1. The van der Waals surface area contributed by atoms with Gasteiger partial charge in [-0.05, 0) is 57.5 Å². The summed E-state index contributed by atoms with van der Waals surface area (Å²) in [6.07, 6.45) is 10.3. The van der Waals surface area contributed by atoms with Gasteiger partial charge in [0.15, 0.2) is 5.96 Å². The van der Waals surface area contributed by atoms with E-state index in [1.165, 1.54) is 44.9 Å². The zero-order valence-corrected chi connectivity index (χ0v) is 19.9. The van der Waals surface area contributed by atoms with Crippen LogP contribution in [0.3, 0.4) is 0 Å². The Morgan fingerprint density at radius 1 is 1.15 bits per heavy atom. The summed E-state index contributed by atoms with van der Waals surface area (Å²) >= 11 is 0. The molecule has 2 saturated carbocycles. The van der Waals surface area contributed by atoms with Gasteiger partial charge in [0, 0.05) is 39.4 Å². The van der Waals surface area contributed by atoms with Crippen molar-refractivity contribution in [3.05, 3.63) is 0 Å². The molecule has 0 amide bonds. The first-order valence-corrected chi connectivity index (χ1v) is 10.1. The second kappa shape index (κ2) is 11.1. The summed E-state index contributed by atoms with van der Waals surface area (Å²) < 4.78 is 5.30. The van der Waals surface area contributed by atoms with Crippen LogP contribution in [0.25, 0.3) is 0 Å². The first-order chi connectivity index (χ1) is 12.0. The van der Waals surface area contributed by atoms with E-state index < -0.39 is 0 Å². The number of likely N-dealkylation sites (N-methyl/N-ethyl adjacent to an activating group) is 1. The topological polar surface area (TPSA) is 48.9 Å².